The Bertz CT molecular complexity index is 440. The van der Waals surface area contributed by atoms with Crippen molar-refractivity contribution in [3.05, 3.63) is 26.3 Å². The summed E-state index contributed by atoms with van der Waals surface area (Å²) in [7, 11) is 1.53. The molecule has 4 nitrogen and oxygen atoms in total. The highest BCUT2D eigenvalue weighted by Crippen LogP contribution is 2.28. The van der Waals surface area contributed by atoms with Crippen LogP contribution in [0.1, 0.15) is 17.3 Å². The molecule has 0 bridgehead atoms. The van der Waals surface area contributed by atoms with E-state index >= 15 is 0 Å². The fraction of sp³-hybridized carbons (Fsp3) is 0.417. The minimum atomic E-state index is -0.203. The van der Waals surface area contributed by atoms with Crippen molar-refractivity contribution in [2.75, 3.05) is 20.2 Å². The fourth-order valence-electron chi connectivity index (χ4n) is 1.32. The van der Waals surface area contributed by atoms with Crippen LogP contribution in [0.2, 0.25) is 5.02 Å². The van der Waals surface area contributed by atoms with Gasteiger partial charge in [-0.05, 0) is 47.2 Å². The minimum absolute atomic E-state index is 0.203. The molecule has 0 radical (unpaired) electrons. The van der Waals surface area contributed by atoms with Gasteiger partial charge < -0.3 is 15.8 Å². The quantitative estimate of drug-likeness (QED) is 0.768. The molecule has 0 heterocycles. The van der Waals surface area contributed by atoms with Gasteiger partial charge in [0.05, 0.1) is 17.7 Å². The van der Waals surface area contributed by atoms with Crippen molar-refractivity contribution in [2.24, 2.45) is 11.7 Å². The van der Waals surface area contributed by atoms with Crippen LogP contribution in [0.25, 0.3) is 0 Å². The summed E-state index contributed by atoms with van der Waals surface area (Å²) >= 11 is 8.10. The van der Waals surface area contributed by atoms with E-state index < -0.39 is 0 Å². The molecule has 0 spiro atoms. The van der Waals surface area contributed by atoms with E-state index in [0.717, 1.165) is 3.57 Å². The molecule has 0 aliphatic carbocycles. The number of methoxy groups -OCH3 is 1. The monoisotopic (exact) mass is 382 g/mol. The molecule has 0 saturated carbocycles. The summed E-state index contributed by atoms with van der Waals surface area (Å²) in [6.07, 6.45) is 0. The first-order chi connectivity index (χ1) is 8.49. The van der Waals surface area contributed by atoms with Gasteiger partial charge in [0.2, 0.25) is 0 Å². The lowest BCUT2D eigenvalue weighted by atomic mass is 10.1. The normalized spacial score (nSPS) is 12.1. The molecule has 6 heteroatoms. The lowest BCUT2D eigenvalue weighted by Gasteiger charge is -2.13. The van der Waals surface area contributed by atoms with Gasteiger partial charge in [-0.25, -0.2) is 0 Å². The summed E-state index contributed by atoms with van der Waals surface area (Å²) < 4.78 is 6.03. The number of carbonyl (C=O) groups is 1. The van der Waals surface area contributed by atoms with Gasteiger partial charge in [-0.3, -0.25) is 4.79 Å². The number of nitrogens with one attached hydrogen (secondary N) is 1. The summed E-state index contributed by atoms with van der Waals surface area (Å²) in [5.74, 6) is 0.548. The Morgan fingerprint density at radius 2 is 2.28 bits per heavy atom. The van der Waals surface area contributed by atoms with E-state index in [9.17, 15) is 4.79 Å². The summed E-state index contributed by atoms with van der Waals surface area (Å²) in [4.78, 5) is 12.0. The number of ether oxygens (including phenoxy) is 1. The lowest BCUT2D eigenvalue weighted by molar-refractivity contribution is 0.0945. The first-order valence-electron chi connectivity index (χ1n) is 5.50. The molecule has 0 aromatic heterocycles. The van der Waals surface area contributed by atoms with Crippen LogP contribution in [0.15, 0.2) is 12.1 Å². The molecule has 1 aromatic carbocycles. The zero-order chi connectivity index (χ0) is 13.7. The van der Waals surface area contributed by atoms with Crippen molar-refractivity contribution in [3.63, 3.8) is 0 Å². The molecule has 0 aliphatic rings. The zero-order valence-electron chi connectivity index (χ0n) is 10.3. The Kier molecular flexibility index (Phi) is 6.17. The van der Waals surface area contributed by atoms with E-state index in [1.807, 2.05) is 6.92 Å². The second kappa shape index (κ2) is 7.16. The highest BCUT2D eigenvalue weighted by molar-refractivity contribution is 14.1. The van der Waals surface area contributed by atoms with Crippen LogP contribution in [0, 0.1) is 9.49 Å². The van der Waals surface area contributed by atoms with Crippen LogP contribution in [0.4, 0.5) is 0 Å². The molecule has 1 atom stereocenters. The van der Waals surface area contributed by atoms with Crippen LogP contribution in [0.3, 0.4) is 0 Å². The number of benzene rings is 1. The van der Waals surface area contributed by atoms with Crippen molar-refractivity contribution >= 4 is 40.1 Å². The second-order valence-corrected chi connectivity index (χ2v) is 5.59. The van der Waals surface area contributed by atoms with Gasteiger partial charge in [0.1, 0.15) is 5.75 Å². The van der Waals surface area contributed by atoms with Crippen LogP contribution in [-0.2, 0) is 0 Å². The Balaban J connectivity index is 2.87. The average molecular weight is 383 g/mol. The molecule has 0 saturated heterocycles. The van der Waals surface area contributed by atoms with E-state index in [2.05, 4.69) is 27.9 Å². The smallest absolute Gasteiger partial charge is 0.255 e. The van der Waals surface area contributed by atoms with Crippen molar-refractivity contribution in [1.82, 2.24) is 5.32 Å². The first-order valence-corrected chi connectivity index (χ1v) is 6.96. The predicted octanol–water partition coefficient (Wildman–Crippen LogP) is 2.28. The lowest BCUT2D eigenvalue weighted by Crippen LogP contribution is -2.31. The number of hydrogen-bond acceptors (Lipinski definition) is 3. The molecule has 1 amide bonds. The Hall–Kier alpha value is -0.530. The maximum Gasteiger partial charge on any atom is 0.255 e. The van der Waals surface area contributed by atoms with E-state index in [1.54, 1.807) is 12.1 Å². The van der Waals surface area contributed by atoms with Gasteiger partial charge in [0.25, 0.3) is 5.91 Å². The highest BCUT2D eigenvalue weighted by atomic mass is 127. The third kappa shape index (κ3) is 4.00. The third-order valence-electron chi connectivity index (χ3n) is 2.50. The van der Waals surface area contributed by atoms with Crippen LogP contribution >= 0.6 is 34.2 Å². The molecule has 1 unspecified atom stereocenters. The van der Waals surface area contributed by atoms with Crippen molar-refractivity contribution in [1.29, 1.82) is 0 Å². The van der Waals surface area contributed by atoms with Gasteiger partial charge in [-0.2, -0.15) is 0 Å². The zero-order valence-corrected chi connectivity index (χ0v) is 13.2. The van der Waals surface area contributed by atoms with E-state index in [-0.39, 0.29) is 11.8 Å². The standard InChI is InChI=1S/C12H16ClIN2O2/c1-7(5-15)6-16-12(17)8-3-9(13)10(14)4-11(8)18-2/h3-4,7H,5-6,15H2,1-2H3,(H,16,17). The van der Waals surface area contributed by atoms with Crippen LogP contribution < -0.4 is 15.8 Å². The average Bonchev–Trinajstić information content (AvgIpc) is 2.37. The number of nitrogens with two attached hydrogens (primary N) is 1. The number of rotatable bonds is 5. The Morgan fingerprint density at radius 1 is 1.61 bits per heavy atom. The van der Waals surface area contributed by atoms with Gasteiger partial charge in [-0.15, -0.1) is 0 Å². The highest BCUT2D eigenvalue weighted by Gasteiger charge is 2.15. The summed E-state index contributed by atoms with van der Waals surface area (Å²) in [6, 6.07) is 3.36. The van der Waals surface area contributed by atoms with Gasteiger partial charge in [0, 0.05) is 10.1 Å². The molecular weight excluding hydrogens is 367 g/mol. The topological polar surface area (TPSA) is 64.3 Å². The largest absolute Gasteiger partial charge is 0.496 e. The van der Waals surface area contributed by atoms with Gasteiger partial charge in [-0.1, -0.05) is 18.5 Å². The molecular formula is C12H16ClIN2O2. The molecule has 18 heavy (non-hydrogen) atoms. The SMILES string of the molecule is COc1cc(I)c(Cl)cc1C(=O)NCC(C)CN. The Morgan fingerprint density at radius 3 is 2.83 bits per heavy atom. The summed E-state index contributed by atoms with van der Waals surface area (Å²) in [6.45, 7) is 3.03. The van der Waals surface area contributed by atoms with E-state index in [0.29, 0.717) is 29.4 Å². The van der Waals surface area contributed by atoms with Gasteiger partial charge in [0.15, 0.2) is 0 Å². The Labute approximate surface area is 125 Å². The number of amides is 1. The molecule has 0 fully saturated rings. The molecule has 100 valence electrons. The number of carbonyl (C=O) groups excluding carboxylic acids is 1. The molecule has 1 aromatic rings. The second-order valence-electron chi connectivity index (χ2n) is 4.02. The van der Waals surface area contributed by atoms with Gasteiger partial charge >= 0.3 is 0 Å². The van der Waals surface area contributed by atoms with E-state index in [1.165, 1.54) is 7.11 Å². The van der Waals surface area contributed by atoms with Crippen LogP contribution in [-0.4, -0.2) is 26.1 Å². The van der Waals surface area contributed by atoms with E-state index in [4.69, 9.17) is 22.1 Å². The predicted molar refractivity (Wildman–Crippen MR) is 81.3 cm³/mol. The minimum Gasteiger partial charge on any atom is -0.496 e. The maximum atomic E-state index is 12.0. The number of halogens is 2. The molecule has 0 aliphatic heterocycles. The van der Waals surface area contributed by atoms with Crippen molar-refractivity contribution < 1.29 is 9.53 Å². The summed E-state index contributed by atoms with van der Waals surface area (Å²) in [5.41, 5.74) is 5.94. The third-order valence-corrected chi connectivity index (χ3v) is 4.02. The molecule has 3 N–H and O–H groups in total. The molecule has 1 rings (SSSR count). The van der Waals surface area contributed by atoms with Crippen LogP contribution in [0.5, 0.6) is 5.75 Å². The summed E-state index contributed by atoms with van der Waals surface area (Å²) in [5, 5.41) is 3.35. The fourth-order valence-corrected chi connectivity index (χ4v) is 1.92. The number of hydrogen-bond donors (Lipinski definition) is 2. The van der Waals surface area contributed by atoms with Crippen molar-refractivity contribution in [2.45, 2.75) is 6.92 Å². The maximum absolute atomic E-state index is 12.0. The van der Waals surface area contributed by atoms with Crippen molar-refractivity contribution in [3.8, 4) is 5.75 Å². The first kappa shape index (κ1) is 15.5.